The Hall–Kier alpha value is -2.57. The van der Waals surface area contributed by atoms with Crippen LogP contribution in [0, 0.1) is 23.7 Å². The summed E-state index contributed by atoms with van der Waals surface area (Å²) in [5.74, 6) is 2.84. The van der Waals surface area contributed by atoms with Crippen molar-refractivity contribution in [2.45, 2.75) is 5.16 Å². The molecule has 0 saturated heterocycles. The van der Waals surface area contributed by atoms with Crippen molar-refractivity contribution >= 4 is 11.8 Å². The number of aromatic nitrogens is 3. The Morgan fingerprint density at radius 2 is 2.37 bits per heavy atom. The van der Waals surface area contributed by atoms with E-state index in [2.05, 4.69) is 20.9 Å². The first-order valence-electron chi connectivity index (χ1n) is 5.27. The first-order valence-corrected chi connectivity index (χ1v) is 6.26. The minimum absolute atomic E-state index is 0.0296. The molecule has 6 heteroatoms. The summed E-state index contributed by atoms with van der Waals surface area (Å²) in [7, 11) is 0. The fraction of sp³-hybridized carbons (Fsp3) is 0.0769. The third-order valence-corrected chi connectivity index (χ3v) is 3.01. The maximum atomic E-state index is 11.8. The van der Waals surface area contributed by atoms with Crippen molar-refractivity contribution in [1.29, 1.82) is 5.26 Å². The average molecular weight is 268 g/mol. The maximum Gasteiger partial charge on any atom is 0.270 e. The molecular weight excluding hydrogens is 260 g/mol. The molecule has 19 heavy (non-hydrogen) atoms. The van der Waals surface area contributed by atoms with Crippen molar-refractivity contribution in [3.8, 4) is 29.7 Å². The van der Waals surface area contributed by atoms with Crippen LogP contribution in [0.2, 0.25) is 0 Å². The minimum atomic E-state index is -0.476. The van der Waals surface area contributed by atoms with E-state index in [1.54, 1.807) is 24.5 Å². The Morgan fingerprint density at radius 1 is 1.53 bits per heavy atom. The van der Waals surface area contributed by atoms with Gasteiger partial charge in [-0.15, -0.1) is 6.42 Å². The largest absolute Gasteiger partial charge is 0.300 e. The normalized spacial score (nSPS) is 9.58. The molecule has 92 valence electrons. The molecule has 0 atom stereocenters. The van der Waals surface area contributed by atoms with Crippen LogP contribution in [-0.4, -0.2) is 20.7 Å². The van der Waals surface area contributed by atoms with Gasteiger partial charge in [0.2, 0.25) is 0 Å². The zero-order valence-electron chi connectivity index (χ0n) is 9.75. The van der Waals surface area contributed by atoms with Crippen LogP contribution in [-0.2, 0) is 0 Å². The Morgan fingerprint density at radius 3 is 3.00 bits per heavy atom. The van der Waals surface area contributed by atoms with Gasteiger partial charge in [0.1, 0.15) is 11.6 Å². The summed E-state index contributed by atoms with van der Waals surface area (Å²) in [5.41, 5.74) is 0.431. The van der Waals surface area contributed by atoms with Gasteiger partial charge in [-0.3, -0.25) is 9.78 Å². The van der Waals surface area contributed by atoms with Crippen LogP contribution in [0.25, 0.3) is 11.3 Å². The molecule has 0 aliphatic rings. The molecule has 5 nitrogen and oxygen atoms in total. The average Bonchev–Trinajstić information content (AvgIpc) is 2.45. The molecule has 0 aromatic carbocycles. The van der Waals surface area contributed by atoms with E-state index in [0.717, 1.165) is 0 Å². The van der Waals surface area contributed by atoms with Gasteiger partial charge >= 0.3 is 0 Å². The Bertz CT molecular complexity index is 725. The number of nitrogens with zero attached hydrogens (tertiary/aromatic N) is 3. The minimum Gasteiger partial charge on any atom is -0.300 e. The molecule has 0 bridgehead atoms. The summed E-state index contributed by atoms with van der Waals surface area (Å²) in [4.78, 5) is 22.6. The second kappa shape index (κ2) is 5.85. The van der Waals surface area contributed by atoms with Crippen LogP contribution in [0.3, 0.4) is 0 Å². The van der Waals surface area contributed by atoms with Crippen molar-refractivity contribution in [1.82, 2.24) is 15.0 Å². The summed E-state index contributed by atoms with van der Waals surface area (Å²) >= 11 is 1.23. The van der Waals surface area contributed by atoms with Crippen LogP contribution in [0.1, 0.15) is 5.56 Å². The lowest BCUT2D eigenvalue weighted by molar-refractivity contribution is 0.936. The summed E-state index contributed by atoms with van der Waals surface area (Å²) in [6, 6.07) is 5.32. The van der Waals surface area contributed by atoms with E-state index >= 15 is 0 Å². The van der Waals surface area contributed by atoms with Gasteiger partial charge in [-0.1, -0.05) is 17.7 Å². The Labute approximate surface area is 113 Å². The topological polar surface area (TPSA) is 82.4 Å². The molecule has 0 aliphatic heterocycles. The predicted molar refractivity (Wildman–Crippen MR) is 72.4 cm³/mol. The van der Waals surface area contributed by atoms with Gasteiger partial charge < -0.3 is 4.98 Å². The highest BCUT2D eigenvalue weighted by Crippen LogP contribution is 2.20. The van der Waals surface area contributed by atoms with Crippen LogP contribution in [0.4, 0.5) is 0 Å². The van der Waals surface area contributed by atoms with Crippen LogP contribution >= 0.6 is 11.8 Å². The second-order valence-electron chi connectivity index (χ2n) is 3.44. The lowest BCUT2D eigenvalue weighted by Gasteiger charge is -2.04. The smallest absolute Gasteiger partial charge is 0.270 e. The lowest BCUT2D eigenvalue weighted by atomic mass is 10.1. The standard InChI is InChI=1S/C13H8N4OS/c1-2-6-19-13-16-11(9-4-3-5-15-8-9)10(7-14)12(18)17-13/h1,3-5,8H,6H2,(H,16,17,18). The van der Waals surface area contributed by atoms with Crippen molar-refractivity contribution in [2.75, 3.05) is 5.75 Å². The molecule has 0 aliphatic carbocycles. The second-order valence-corrected chi connectivity index (χ2v) is 4.41. The molecule has 2 aromatic heterocycles. The zero-order chi connectivity index (χ0) is 13.7. The summed E-state index contributed by atoms with van der Waals surface area (Å²) in [6.45, 7) is 0. The molecule has 0 saturated carbocycles. The summed E-state index contributed by atoms with van der Waals surface area (Å²) in [5, 5.41) is 9.45. The molecule has 0 unspecified atom stereocenters. The number of rotatable bonds is 3. The predicted octanol–water partition coefficient (Wildman–Crippen LogP) is 1.43. The third-order valence-electron chi connectivity index (χ3n) is 2.24. The van der Waals surface area contributed by atoms with E-state index in [-0.39, 0.29) is 5.56 Å². The van der Waals surface area contributed by atoms with Gasteiger partial charge in [-0.2, -0.15) is 5.26 Å². The lowest BCUT2D eigenvalue weighted by Crippen LogP contribution is -2.14. The number of hydrogen-bond acceptors (Lipinski definition) is 5. The quantitative estimate of drug-likeness (QED) is 0.517. The highest BCUT2D eigenvalue weighted by Gasteiger charge is 2.13. The van der Waals surface area contributed by atoms with Crippen LogP contribution < -0.4 is 5.56 Å². The highest BCUT2D eigenvalue weighted by molar-refractivity contribution is 7.99. The van der Waals surface area contributed by atoms with Crippen molar-refractivity contribution < 1.29 is 0 Å². The molecule has 0 radical (unpaired) electrons. The summed E-state index contributed by atoms with van der Waals surface area (Å²) < 4.78 is 0. The maximum absolute atomic E-state index is 11.8. The summed E-state index contributed by atoms with van der Waals surface area (Å²) in [6.07, 6.45) is 8.33. The molecule has 0 spiro atoms. The first kappa shape index (κ1) is 12.9. The van der Waals surface area contributed by atoms with Gasteiger partial charge in [-0.05, 0) is 12.1 Å². The van der Waals surface area contributed by atoms with E-state index in [4.69, 9.17) is 11.7 Å². The van der Waals surface area contributed by atoms with Gasteiger partial charge in [-0.25, -0.2) is 4.98 Å². The first-order chi connectivity index (χ1) is 9.26. The van der Waals surface area contributed by atoms with E-state index in [1.807, 2.05) is 6.07 Å². The van der Waals surface area contributed by atoms with E-state index in [9.17, 15) is 4.79 Å². The number of H-pyrrole nitrogens is 1. The number of terminal acetylenes is 1. The van der Waals surface area contributed by atoms with E-state index in [0.29, 0.717) is 22.2 Å². The number of hydrogen-bond donors (Lipinski definition) is 1. The van der Waals surface area contributed by atoms with Gasteiger partial charge in [0.25, 0.3) is 5.56 Å². The van der Waals surface area contributed by atoms with Gasteiger partial charge in [0, 0.05) is 18.0 Å². The number of nitriles is 1. The van der Waals surface area contributed by atoms with E-state index in [1.165, 1.54) is 11.8 Å². The molecule has 2 heterocycles. The van der Waals surface area contributed by atoms with Crippen LogP contribution in [0.5, 0.6) is 0 Å². The van der Waals surface area contributed by atoms with Crippen molar-refractivity contribution in [2.24, 2.45) is 0 Å². The number of thioether (sulfide) groups is 1. The van der Waals surface area contributed by atoms with Crippen molar-refractivity contribution in [3.63, 3.8) is 0 Å². The fourth-order valence-corrected chi connectivity index (χ4v) is 1.99. The molecule has 1 N–H and O–H groups in total. The highest BCUT2D eigenvalue weighted by atomic mass is 32.2. The Kier molecular flexibility index (Phi) is 3.97. The molecule has 0 fully saturated rings. The molecular formula is C13H8N4OS. The van der Waals surface area contributed by atoms with Crippen LogP contribution in [0.15, 0.2) is 34.5 Å². The molecule has 2 aromatic rings. The van der Waals surface area contributed by atoms with Crippen molar-refractivity contribution in [3.05, 3.63) is 40.4 Å². The number of nitrogens with one attached hydrogen (secondary N) is 1. The zero-order valence-corrected chi connectivity index (χ0v) is 10.6. The number of pyridine rings is 1. The monoisotopic (exact) mass is 268 g/mol. The number of aromatic amines is 1. The molecule has 0 amide bonds. The van der Waals surface area contributed by atoms with Gasteiger partial charge in [0.05, 0.1) is 11.4 Å². The molecule has 2 rings (SSSR count). The fourth-order valence-electron chi connectivity index (χ4n) is 1.45. The van der Waals surface area contributed by atoms with E-state index < -0.39 is 5.56 Å². The van der Waals surface area contributed by atoms with Gasteiger partial charge in [0.15, 0.2) is 5.16 Å². The Balaban J connectivity index is 2.59. The SMILES string of the molecule is C#CCSc1nc(-c2cccnc2)c(C#N)c(=O)[nH]1. The third kappa shape index (κ3) is 2.82.